The molecule has 3 nitrogen and oxygen atoms in total. The summed E-state index contributed by atoms with van der Waals surface area (Å²) in [5.74, 6) is 0.421. The highest BCUT2D eigenvalue weighted by Crippen LogP contribution is 2.10. The molecule has 2 atom stereocenters. The third kappa shape index (κ3) is 3.35. The summed E-state index contributed by atoms with van der Waals surface area (Å²) in [6.45, 7) is 6.05. The molecule has 3 heteroatoms. The van der Waals surface area contributed by atoms with Crippen LogP contribution in [-0.4, -0.2) is 25.0 Å². The molecule has 1 saturated heterocycles. The van der Waals surface area contributed by atoms with Crippen molar-refractivity contribution in [2.24, 2.45) is 5.92 Å². The van der Waals surface area contributed by atoms with Crippen LogP contribution in [0.3, 0.4) is 0 Å². The van der Waals surface area contributed by atoms with Crippen LogP contribution in [0.15, 0.2) is 0 Å². The summed E-state index contributed by atoms with van der Waals surface area (Å²) in [5.41, 5.74) is 0. The highest BCUT2D eigenvalue weighted by atomic mass is 16.1. The number of rotatable bonds is 3. The van der Waals surface area contributed by atoms with Crippen molar-refractivity contribution in [3.63, 3.8) is 0 Å². The predicted molar refractivity (Wildman–Crippen MR) is 53.5 cm³/mol. The second-order valence-electron chi connectivity index (χ2n) is 3.86. The smallest absolute Gasteiger partial charge is 0.224 e. The van der Waals surface area contributed by atoms with Crippen molar-refractivity contribution >= 4 is 5.91 Å². The largest absolute Gasteiger partial charge is 0.353 e. The summed E-state index contributed by atoms with van der Waals surface area (Å²) in [6.07, 6.45) is 3.17. The molecule has 1 aliphatic rings. The molecule has 2 N–H and O–H groups in total. The Hall–Kier alpha value is -0.570. The van der Waals surface area contributed by atoms with E-state index in [0.29, 0.717) is 6.04 Å². The van der Waals surface area contributed by atoms with E-state index in [0.717, 1.165) is 32.4 Å². The number of hydrogen-bond acceptors (Lipinski definition) is 2. The van der Waals surface area contributed by atoms with Gasteiger partial charge in [-0.05, 0) is 32.7 Å². The van der Waals surface area contributed by atoms with Crippen LogP contribution in [0.4, 0.5) is 0 Å². The van der Waals surface area contributed by atoms with Gasteiger partial charge >= 0.3 is 0 Å². The van der Waals surface area contributed by atoms with Crippen LogP contribution in [0.2, 0.25) is 0 Å². The molecule has 1 rings (SSSR count). The molecule has 0 aromatic rings. The van der Waals surface area contributed by atoms with Crippen molar-refractivity contribution in [1.82, 2.24) is 10.6 Å². The van der Waals surface area contributed by atoms with Gasteiger partial charge in [0, 0.05) is 12.6 Å². The number of piperidine rings is 1. The van der Waals surface area contributed by atoms with E-state index in [1.165, 1.54) is 0 Å². The monoisotopic (exact) mass is 184 g/mol. The first-order valence-corrected chi connectivity index (χ1v) is 5.25. The molecule has 0 bridgehead atoms. The Kier molecular flexibility index (Phi) is 4.22. The molecule has 0 spiro atoms. The predicted octanol–water partition coefficient (Wildman–Crippen LogP) is 0.901. The first-order chi connectivity index (χ1) is 6.24. The van der Waals surface area contributed by atoms with Gasteiger partial charge in [0.1, 0.15) is 0 Å². The van der Waals surface area contributed by atoms with Crippen LogP contribution >= 0.6 is 0 Å². The highest BCUT2D eigenvalue weighted by Gasteiger charge is 2.21. The summed E-state index contributed by atoms with van der Waals surface area (Å²) < 4.78 is 0. The fraction of sp³-hybridized carbons (Fsp3) is 0.900. The zero-order chi connectivity index (χ0) is 9.68. The van der Waals surface area contributed by atoms with Crippen LogP contribution in [0.25, 0.3) is 0 Å². The van der Waals surface area contributed by atoms with Gasteiger partial charge in [-0.1, -0.05) is 6.92 Å². The lowest BCUT2D eigenvalue weighted by molar-refractivity contribution is -0.126. The van der Waals surface area contributed by atoms with Crippen LogP contribution < -0.4 is 10.6 Å². The van der Waals surface area contributed by atoms with E-state index in [4.69, 9.17) is 0 Å². The maximum atomic E-state index is 11.6. The van der Waals surface area contributed by atoms with Gasteiger partial charge in [0.25, 0.3) is 0 Å². The fourth-order valence-corrected chi connectivity index (χ4v) is 1.54. The molecule has 1 fully saturated rings. The van der Waals surface area contributed by atoms with Gasteiger partial charge in [-0.25, -0.2) is 0 Å². The van der Waals surface area contributed by atoms with Gasteiger partial charge in [0.2, 0.25) is 5.91 Å². The normalized spacial score (nSPS) is 25.2. The van der Waals surface area contributed by atoms with E-state index in [2.05, 4.69) is 17.6 Å². The van der Waals surface area contributed by atoms with Gasteiger partial charge in [-0.3, -0.25) is 4.79 Å². The topological polar surface area (TPSA) is 41.1 Å². The second kappa shape index (κ2) is 5.22. The number of carbonyl (C=O) groups excluding carboxylic acids is 1. The van der Waals surface area contributed by atoms with Crippen molar-refractivity contribution in [3.05, 3.63) is 0 Å². The van der Waals surface area contributed by atoms with Crippen LogP contribution in [0.5, 0.6) is 0 Å². The quantitative estimate of drug-likeness (QED) is 0.684. The first-order valence-electron chi connectivity index (χ1n) is 5.25. The summed E-state index contributed by atoms with van der Waals surface area (Å²) in [6, 6.07) is 0.314. The minimum Gasteiger partial charge on any atom is -0.353 e. The summed E-state index contributed by atoms with van der Waals surface area (Å²) in [5, 5.41) is 6.27. The second-order valence-corrected chi connectivity index (χ2v) is 3.86. The van der Waals surface area contributed by atoms with E-state index in [1.807, 2.05) is 6.92 Å². The number of hydrogen-bond donors (Lipinski definition) is 2. The number of carbonyl (C=O) groups is 1. The lowest BCUT2D eigenvalue weighted by Gasteiger charge is -2.23. The molecule has 0 aliphatic carbocycles. The molecule has 1 amide bonds. The molecule has 1 unspecified atom stereocenters. The lowest BCUT2D eigenvalue weighted by Crippen LogP contribution is -2.43. The van der Waals surface area contributed by atoms with Crippen LogP contribution in [0.1, 0.15) is 33.1 Å². The summed E-state index contributed by atoms with van der Waals surface area (Å²) >= 11 is 0. The van der Waals surface area contributed by atoms with Gasteiger partial charge in [0.05, 0.1) is 5.92 Å². The van der Waals surface area contributed by atoms with Gasteiger partial charge in [-0.15, -0.1) is 0 Å². The van der Waals surface area contributed by atoms with Crippen molar-refractivity contribution < 1.29 is 4.79 Å². The standard InChI is InChI=1S/C10H20N2O/c1-3-8(2)12-10(13)9-5-4-6-11-7-9/h8-9,11H,3-7H2,1-2H3,(H,12,13)/t8?,9-/m0/s1. The average molecular weight is 184 g/mol. The van der Waals surface area contributed by atoms with Crippen LogP contribution in [-0.2, 0) is 4.79 Å². The zero-order valence-corrected chi connectivity index (χ0v) is 8.60. The van der Waals surface area contributed by atoms with E-state index in [-0.39, 0.29) is 11.8 Å². The van der Waals surface area contributed by atoms with E-state index < -0.39 is 0 Å². The molecule has 1 aliphatic heterocycles. The lowest BCUT2D eigenvalue weighted by atomic mass is 9.98. The maximum absolute atomic E-state index is 11.6. The average Bonchev–Trinajstić information content (AvgIpc) is 2.19. The van der Waals surface area contributed by atoms with E-state index in [9.17, 15) is 4.79 Å². The molecule has 13 heavy (non-hydrogen) atoms. The Bertz CT molecular complexity index is 164. The Morgan fingerprint density at radius 3 is 3.00 bits per heavy atom. The molecular formula is C10H20N2O. The van der Waals surface area contributed by atoms with Gasteiger partial charge in [-0.2, -0.15) is 0 Å². The molecule has 0 aromatic heterocycles. The molecule has 1 heterocycles. The van der Waals surface area contributed by atoms with Crippen molar-refractivity contribution in [2.75, 3.05) is 13.1 Å². The fourth-order valence-electron chi connectivity index (χ4n) is 1.54. The van der Waals surface area contributed by atoms with Crippen LogP contribution in [0, 0.1) is 5.92 Å². The third-order valence-corrected chi connectivity index (χ3v) is 2.67. The Morgan fingerprint density at radius 1 is 1.69 bits per heavy atom. The minimum atomic E-state index is 0.197. The minimum absolute atomic E-state index is 0.197. The Labute approximate surface area is 80.3 Å². The number of amides is 1. The van der Waals surface area contributed by atoms with Gasteiger partial charge in [0.15, 0.2) is 0 Å². The Morgan fingerprint density at radius 2 is 2.46 bits per heavy atom. The first kappa shape index (κ1) is 10.5. The van der Waals surface area contributed by atoms with Crippen molar-refractivity contribution in [3.8, 4) is 0 Å². The summed E-state index contributed by atoms with van der Waals surface area (Å²) in [7, 11) is 0. The third-order valence-electron chi connectivity index (χ3n) is 2.67. The molecule has 0 aromatic carbocycles. The van der Waals surface area contributed by atoms with Crippen molar-refractivity contribution in [2.45, 2.75) is 39.2 Å². The molecule has 0 saturated carbocycles. The zero-order valence-electron chi connectivity index (χ0n) is 8.60. The maximum Gasteiger partial charge on any atom is 0.224 e. The van der Waals surface area contributed by atoms with Crippen molar-refractivity contribution in [1.29, 1.82) is 0 Å². The SMILES string of the molecule is CCC(C)NC(=O)[C@H]1CCCNC1. The Balaban J connectivity index is 2.29. The van der Waals surface area contributed by atoms with E-state index >= 15 is 0 Å². The molecular weight excluding hydrogens is 164 g/mol. The molecule has 76 valence electrons. The van der Waals surface area contributed by atoms with E-state index in [1.54, 1.807) is 0 Å². The molecule has 0 radical (unpaired) electrons. The highest BCUT2D eigenvalue weighted by molar-refractivity contribution is 5.79. The van der Waals surface area contributed by atoms with Gasteiger partial charge < -0.3 is 10.6 Å². The summed E-state index contributed by atoms with van der Waals surface area (Å²) in [4.78, 5) is 11.6. The number of nitrogens with one attached hydrogen (secondary N) is 2.